The first-order chi connectivity index (χ1) is 8.81. The second kappa shape index (κ2) is 6.18. The quantitative estimate of drug-likeness (QED) is 0.844. The number of hydrogen-bond donors (Lipinski definition) is 1. The van der Waals surface area contributed by atoms with Gasteiger partial charge in [0.2, 0.25) is 0 Å². The van der Waals surface area contributed by atoms with E-state index in [4.69, 9.17) is 19.7 Å². The molecule has 0 saturated carbocycles. The van der Waals surface area contributed by atoms with Crippen LogP contribution in [0.3, 0.4) is 0 Å². The van der Waals surface area contributed by atoms with Crippen LogP contribution in [0.2, 0.25) is 0 Å². The van der Waals surface area contributed by atoms with Crippen LogP contribution in [0.5, 0.6) is 5.75 Å². The van der Waals surface area contributed by atoms with Crippen molar-refractivity contribution in [3.63, 3.8) is 0 Å². The van der Waals surface area contributed by atoms with Crippen LogP contribution in [0.15, 0.2) is 34.9 Å². The van der Waals surface area contributed by atoms with Crippen LogP contribution >= 0.6 is 0 Å². The molecule has 0 unspecified atom stereocenters. The molecule has 2 aromatic rings. The molecule has 2 rings (SSSR count). The lowest BCUT2D eigenvalue weighted by Crippen LogP contribution is -1.96. The highest BCUT2D eigenvalue weighted by Gasteiger charge is 2.04. The topological polar surface area (TPSA) is 70.5 Å². The second-order valence-electron chi connectivity index (χ2n) is 3.86. The van der Waals surface area contributed by atoms with Gasteiger partial charge < -0.3 is 19.7 Å². The minimum Gasteiger partial charge on any atom is -0.486 e. The lowest BCUT2D eigenvalue weighted by Gasteiger charge is -2.05. The molecule has 0 fully saturated rings. The van der Waals surface area contributed by atoms with Crippen molar-refractivity contribution in [3.05, 3.63) is 47.3 Å². The number of aromatic nitrogens is 1. The Balaban J connectivity index is 1.94. The maximum atomic E-state index is 5.61. The zero-order chi connectivity index (χ0) is 12.8. The molecule has 5 heteroatoms. The molecule has 2 N–H and O–H groups in total. The highest BCUT2D eigenvalue weighted by Crippen LogP contribution is 2.16. The fraction of sp³-hybridized carbons (Fsp3) is 0.308. The zero-order valence-electron chi connectivity index (χ0n) is 10.3. The average molecular weight is 248 g/mol. The van der Waals surface area contributed by atoms with Crippen molar-refractivity contribution in [2.75, 3.05) is 7.11 Å². The molecule has 1 heterocycles. The molecule has 5 nitrogen and oxygen atoms in total. The van der Waals surface area contributed by atoms with Crippen LogP contribution in [0.4, 0.5) is 0 Å². The summed E-state index contributed by atoms with van der Waals surface area (Å²) in [6.45, 7) is 1.27. The molecule has 96 valence electrons. The Bertz CT molecular complexity index is 496. The molecule has 0 saturated heterocycles. The number of methoxy groups -OCH3 is 1. The largest absolute Gasteiger partial charge is 0.486 e. The fourth-order valence-corrected chi connectivity index (χ4v) is 1.57. The minimum atomic E-state index is 0.337. The number of hydrogen-bond acceptors (Lipinski definition) is 5. The predicted molar refractivity (Wildman–Crippen MR) is 65.9 cm³/mol. The molecule has 0 spiro atoms. The summed E-state index contributed by atoms with van der Waals surface area (Å²) in [4.78, 5) is 0. The summed E-state index contributed by atoms with van der Waals surface area (Å²) >= 11 is 0. The van der Waals surface area contributed by atoms with E-state index in [1.807, 2.05) is 24.3 Å². The minimum absolute atomic E-state index is 0.337. The van der Waals surface area contributed by atoms with Gasteiger partial charge in [-0.2, -0.15) is 0 Å². The SMILES string of the molecule is COCc1cccc(OCc2cc(CN)no2)c1. The summed E-state index contributed by atoms with van der Waals surface area (Å²) in [5.74, 6) is 1.43. The van der Waals surface area contributed by atoms with Gasteiger partial charge in [0.15, 0.2) is 5.76 Å². The maximum absolute atomic E-state index is 5.61. The van der Waals surface area contributed by atoms with Crippen molar-refractivity contribution >= 4 is 0 Å². The van der Waals surface area contributed by atoms with E-state index in [1.54, 1.807) is 13.2 Å². The number of benzene rings is 1. The first-order valence-electron chi connectivity index (χ1n) is 5.67. The molecule has 18 heavy (non-hydrogen) atoms. The van der Waals surface area contributed by atoms with E-state index in [0.29, 0.717) is 25.5 Å². The second-order valence-corrected chi connectivity index (χ2v) is 3.86. The van der Waals surface area contributed by atoms with Crippen LogP contribution in [0.25, 0.3) is 0 Å². The summed E-state index contributed by atoms with van der Waals surface area (Å²) < 4.78 is 15.7. The Hall–Kier alpha value is -1.85. The summed E-state index contributed by atoms with van der Waals surface area (Å²) in [7, 11) is 1.66. The van der Waals surface area contributed by atoms with Gasteiger partial charge in [-0.1, -0.05) is 17.3 Å². The summed E-state index contributed by atoms with van der Waals surface area (Å²) in [6, 6.07) is 9.52. The molecule has 1 aromatic heterocycles. The molecule has 0 amide bonds. The first-order valence-corrected chi connectivity index (χ1v) is 5.67. The van der Waals surface area contributed by atoms with Crippen molar-refractivity contribution in [1.29, 1.82) is 0 Å². The van der Waals surface area contributed by atoms with Crippen LogP contribution < -0.4 is 10.5 Å². The molecule has 0 aliphatic rings. The van der Waals surface area contributed by atoms with Crippen LogP contribution in [0, 0.1) is 0 Å². The first kappa shape index (κ1) is 12.6. The van der Waals surface area contributed by atoms with E-state index in [2.05, 4.69) is 5.16 Å². The summed E-state index contributed by atoms with van der Waals surface area (Å²) in [6.07, 6.45) is 0. The lowest BCUT2D eigenvalue weighted by atomic mass is 10.2. The van der Waals surface area contributed by atoms with Crippen LogP contribution in [-0.4, -0.2) is 12.3 Å². The van der Waals surface area contributed by atoms with Crippen molar-refractivity contribution in [2.45, 2.75) is 19.8 Å². The third-order valence-electron chi connectivity index (χ3n) is 2.41. The van der Waals surface area contributed by atoms with Gasteiger partial charge >= 0.3 is 0 Å². The van der Waals surface area contributed by atoms with Crippen molar-refractivity contribution in [3.8, 4) is 5.75 Å². The fourth-order valence-electron chi connectivity index (χ4n) is 1.57. The van der Waals surface area contributed by atoms with Gasteiger partial charge in [0.05, 0.1) is 12.3 Å². The zero-order valence-corrected chi connectivity index (χ0v) is 10.3. The summed E-state index contributed by atoms with van der Waals surface area (Å²) in [5, 5.41) is 3.79. The van der Waals surface area contributed by atoms with Gasteiger partial charge in [-0.05, 0) is 17.7 Å². The normalized spacial score (nSPS) is 10.6. The van der Waals surface area contributed by atoms with Gasteiger partial charge in [0.25, 0.3) is 0 Å². The van der Waals surface area contributed by atoms with E-state index in [1.165, 1.54) is 0 Å². The number of nitrogens with zero attached hydrogens (tertiary/aromatic N) is 1. The standard InChI is InChI=1S/C13H16N2O3/c1-16-8-10-3-2-4-12(5-10)17-9-13-6-11(7-14)15-18-13/h2-6H,7-9,14H2,1H3. The van der Waals surface area contributed by atoms with Gasteiger partial charge in [-0.3, -0.25) is 0 Å². The van der Waals surface area contributed by atoms with E-state index in [9.17, 15) is 0 Å². The molecule has 0 bridgehead atoms. The monoisotopic (exact) mass is 248 g/mol. The van der Waals surface area contributed by atoms with E-state index < -0.39 is 0 Å². The molecule has 0 aliphatic carbocycles. The Morgan fingerprint density at radius 2 is 2.17 bits per heavy atom. The molecular weight excluding hydrogens is 232 g/mol. The van der Waals surface area contributed by atoms with Crippen LogP contribution in [-0.2, 0) is 24.5 Å². The Morgan fingerprint density at radius 3 is 2.89 bits per heavy atom. The number of ether oxygens (including phenoxy) is 2. The molecule has 0 aliphatic heterocycles. The average Bonchev–Trinajstić information content (AvgIpc) is 2.85. The molecular formula is C13H16N2O3. The van der Waals surface area contributed by atoms with Gasteiger partial charge in [0, 0.05) is 19.7 Å². The molecule has 1 aromatic carbocycles. The van der Waals surface area contributed by atoms with Crippen LogP contribution in [0.1, 0.15) is 17.0 Å². The molecule has 0 atom stereocenters. The number of nitrogens with two attached hydrogens (primary N) is 1. The van der Waals surface area contributed by atoms with Crippen molar-refractivity contribution in [1.82, 2.24) is 5.16 Å². The predicted octanol–water partition coefficient (Wildman–Crippen LogP) is 1.86. The molecule has 0 radical (unpaired) electrons. The van der Waals surface area contributed by atoms with E-state index in [-0.39, 0.29) is 0 Å². The van der Waals surface area contributed by atoms with E-state index in [0.717, 1.165) is 17.0 Å². The van der Waals surface area contributed by atoms with Crippen molar-refractivity contribution < 1.29 is 14.0 Å². The van der Waals surface area contributed by atoms with Crippen molar-refractivity contribution in [2.24, 2.45) is 5.73 Å². The highest BCUT2D eigenvalue weighted by atomic mass is 16.5. The Kier molecular flexibility index (Phi) is 4.33. The summed E-state index contributed by atoms with van der Waals surface area (Å²) in [5.41, 5.74) is 7.24. The number of rotatable bonds is 6. The third kappa shape index (κ3) is 3.32. The lowest BCUT2D eigenvalue weighted by molar-refractivity contribution is 0.184. The van der Waals surface area contributed by atoms with E-state index >= 15 is 0 Å². The highest BCUT2D eigenvalue weighted by molar-refractivity contribution is 5.28. The Morgan fingerprint density at radius 1 is 1.28 bits per heavy atom. The van der Waals surface area contributed by atoms with Gasteiger partial charge in [-0.15, -0.1) is 0 Å². The van der Waals surface area contributed by atoms with Gasteiger partial charge in [-0.25, -0.2) is 0 Å². The third-order valence-corrected chi connectivity index (χ3v) is 2.41. The Labute approximate surface area is 105 Å². The van der Waals surface area contributed by atoms with Gasteiger partial charge in [0.1, 0.15) is 12.4 Å². The maximum Gasteiger partial charge on any atom is 0.174 e. The smallest absolute Gasteiger partial charge is 0.174 e.